The summed E-state index contributed by atoms with van der Waals surface area (Å²) in [6.45, 7) is 4.24. The first-order chi connectivity index (χ1) is 10.0. The van der Waals surface area contributed by atoms with Crippen LogP contribution in [0.4, 0.5) is 5.69 Å². The summed E-state index contributed by atoms with van der Waals surface area (Å²) in [5, 5.41) is 3.68. The van der Waals surface area contributed by atoms with Crippen molar-refractivity contribution in [1.82, 2.24) is 4.98 Å². The van der Waals surface area contributed by atoms with Crippen LogP contribution in [0.3, 0.4) is 0 Å². The minimum Gasteiger partial charge on any atom is -0.378 e. The molecule has 1 aromatic carbocycles. The molecule has 1 aliphatic carbocycles. The van der Waals surface area contributed by atoms with E-state index in [1.807, 2.05) is 6.07 Å². The van der Waals surface area contributed by atoms with E-state index in [0.717, 1.165) is 29.4 Å². The van der Waals surface area contributed by atoms with Crippen molar-refractivity contribution in [1.29, 1.82) is 0 Å². The fourth-order valence-electron chi connectivity index (χ4n) is 3.16. The number of aromatic nitrogens is 1. The third-order valence-electron chi connectivity index (χ3n) is 4.15. The number of hydrogen-bond donors (Lipinski definition) is 2. The van der Waals surface area contributed by atoms with Gasteiger partial charge in [-0.15, -0.1) is 0 Å². The predicted molar refractivity (Wildman–Crippen MR) is 90.0 cm³/mol. The van der Waals surface area contributed by atoms with Crippen molar-refractivity contribution in [2.24, 2.45) is 0 Å². The van der Waals surface area contributed by atoms with Gasteiger partial charge in [-0.05, 0) is 68.0 Å². The highest BCUT2D eigenvalue weighted by atomic mass is 79.9. The molecule has 0 bridgehead atoms. The molecule has 1 aromatic heterocycles. The molecular formula is C17H19BrN2O. The van der Waals surface area contributed by atoms with Crippen LogP contribution in [0.25, 0.3) is 0 Å². The lowest BCUT2D eigenvalue weighted by Gasteiger charge is -2.28. The number of hydrogen-bond acceptors (Lipinski definition) is 2. The maximum atomic E-state index is 11.5. The maximum absolute atomic E-state index is 11.5. The lowest BCUT2D eigenvalue weighted by Crippen LogP contribution is -2.22. The number of H-pyrrole nitrogens is 1. The van der Waals surface area contributed by atoms with E-state index < -0.39 is 0 Å². The molecule has 0 amide bonds. The molecule has 0 radical (unpaired) electrons. The number of pyridine rings is 1. The van der Waals surface area contributed by atoms with E-state index in [1.165, 1.54) is 22.4 Å². The summed E-state index contributed by atoms with van der Waals surface area (Å²) >= 11 is 3.54. The molecule has 1 unspecified atom stereocenters. The van der Waals surface area contributed by atoms with Crippen LogP contribution in [0, 0.1) is 13.8 Å². The zero-order valence-corrected chi connectivity index (χ0v) is 13.9. The van der Waals surface area contributed by atoms with E-state index >= 15 is 0 Å². The molecule has 3 rings (SSSR count). The molecule has 1 heterocycles. The Kier molecular flexibility index (Phi) is 3.89. The molecule has 0 saturated carbocycles. The quantitative estimate of drug-likeness (QED) is 0.853. The topological polar surface area (TPSA) is 44.9 Å². The van der Waals surface area contributed by atoms with E-state index in [2.05, 4.69) is 52.2 Å². The number of benzene rings is 1. The van der Waals surface area contributed by atoms with Gasteiger partial charge < -0.3 is 10.3 Å². The standard InChI is InChI=1S/C17H19BrN2O/c1-10-8-12(18)9-11(2)17(10)20-15-5-3-4-14-13(15)6-7-16(21)19-14/h6-9,15,20H,3-5H2,1-2H3,(H,19,21). The number of fused-ring (bicyclic) bond motifs is 1. The first kappa shape index (κ1) is 14.4. The van der Waals surface area contributed by atoms with Gasteiger partial charge in [0.05, 0.1) is 6.04 Å². The SMILES string of the molecule is Cc1cc(Br)cc(C)c1NC1CCCc2[nH]c(=O)ccc21. The summed E-state index contributed by atoms with van der Waals surface area (Å²) in [4.78, 5) is 14.4. The fourth-order valence-corrected chi connectivity index (χ4v) is 3.85. The molecule has 0 saturated heterocycles. The summed E-state index contributed by atoms with van der Waals surface area (Å²) in [5.41, 5.74) is 5.96. The molecule has 0 aliphatic heterocycles. The third kappa shape index (κ3) is 2.91. The summed E-state index contributed by atoms with van der Waals surface area (Å²) in [6.07, 6.45) is 3.15. The predicted octanol–water partition coefficient (Wildman–Crippen LogP) is 4.24. The van der Waals surface area contributed by atoms with Crippen LogP contribution < -0.4 is 10.9 Å². The van der Waals surface area contributed by atoms with Crippen molar-refractivity contribution in [2.45, 2.75) is 39.2 Å². The van der Waals surface area contributed by atoms with E-state index in [1.54, 1.807) is 6.07 Å². The molecule has 3 nitrogen and oxygen atoms in total. The first-order valence-corrected chi connectivity index (χ1v) is 8.09. The minimum absolute atomic E-state index is 0.00889. The zero-order chi connectivity index (χ0) is 15.0. The number of aryl methyl sites for hydroxylation is 3. The Hall–Kier alpha value is -1.55. The Labute approximate surface area is 132 Å². The monoisotopic (exact) mass is 346 g/mol. The Balaban J connectivity index is 1.96. The third-order valence-corrected chi connectivity index (χ3v) is 4.61. The van der Waals surface area contributed by atoms with Gasteiger partial charge in [-0.25, -0.2) is 0 Å². The largest absolute Gasteiger partial charge is 0.378 e. The van der Waals surface area contributed by atoms with Crippen LogP contribution in [0.1, 0.15) is 41.3 Å². The highest BCUT2D eigenvalue weighted by molar-refractivity contribution is 9.10. The summed E-state index contributed by atoms with van der Waals surface area (Å²) < 4.78 is 1.11. The van der Waals surface area contributed by atoms with Crippen LogP contribution in [-0.4, -0.2) is 4.98 Å². The zero-order valence-electron chi connectivity index (χ0n) is 12.3. The molecule has 21 heavy (non-hydrogen) atoms. The van der Waals surface area contributed by atoms with Gasteiger partial charge in [0.15, 0.2) is 0 Å². The van der Waals surface area contributed by atoms with Crippen molar-refractivity contribution in [3.8, 4) is 0 Å². The summed E-state index contributed by atoms with van der Waals surface area (Å²) in [6, 6.07) is 8.12. The van der Waals surface area contributed by atoms with Crippen LogP contribution in [-0.2, 0) is 6.42 Å². The second-order valence-corrected chi connectivity index (χ2v) is 6.68. The Bertz CT molecular complexity index is 713. The number of rotatable bonds is 2. The van der Waals surface area contributed by atoms with E-state index in [4.69, 9.17) is 0 Å². The van der Waals surface area contributed by atoms with Gasteiger partial charge in [0.1, 0.15) is 0 Å². The number of anilines is 1. The molecule has 2 N–H and O–H groups in total. The maximum Gasteiger partial charge on any atom is 0.248 e. The van der Waals surface area contributed by atoms with Gasteiger partial charge in [-0.2, -0.15) is 0 Å². The molecule has 1 aliphatic rings. The Morgan fingerprint density at radius 3 is 2.67 bits per heavy atom. The second kappa shape index (κ2) is 5.68. The number of halogens is 1. The van der Waals surface area contributed by atoms with Crippen molar-refractivity contribution >= 4 is 21.6 Å². The highest BCUT2D eigenvalue weighted by Gasteiger charge is 2.21. The van der Waals surface area contributed by atoms with Gasteiger partial charge in [-0.1, -0.05) is 15.9 Å². The van der Waals surface area contributed by atoms with Gasteiger partial charge in [0, 0.05) is 21.9 Å². The lowest BCUT2D eigenvalue weighted by atomic mass is 9.90. The van der Waals surface area contributed by atoms with E-state index in [9.17, 15) is 4.79 Å². The Morgan fingerprint density at radius 1 is 1.24 bits per heavy atom. The molecular weight excluding hydrogens is 328 g/mol. The minimum atomic E-state index is -0.00889. The van der Waals surface area contributed by atoms with Crippen LogP contribution >= 0.6 is 15.9 Å². The second-order valence-electron chi connectivity index (χ2n) is 5.76. The molecule has 110 valence electrons. The molecule has 4 heteroatoms. The molecule has 1 atom stereocenters. The molecule has 0 fully saturated rings. The van der Waals surface area contributed by atoms with Crippen molar-refractivity contribution in [2.75, 3.05) is 5.32 Å². The van der Waals surface area contributed by atoms with Gasteiger partial charge in [-0.3, -0.25) is 4.79 Å². The first-order valence-electron chi connectivity index (χ1n) is 7.30. The van der Waals surface area contributed by atoms with E-state index in [0.29, 0.717) is 0 Å². The normalized spacial score (nSPS) is 17.4. The molecule has 2 aromatic rings. The van der Waals surface area contributed by atoms with Gasteiger partial charge >= 0.3 is 0 Å². The lowest BCUT2D eigenvalue weighted by molar-refractivity contribution is 0.586. The summed E-state index contributed by atoms with van der Waals surface area (Å²) in [5.74, 6) is 0. The fraction of sp³-hybridized carbons (Fsp3) is 0.353. The number of aromatic amines is 1. The van der Waals surface area contributed by atoms with Gasteiger partial charge in [0.2, 0.25) is 5.56 Å². The van der Waals surface area contributed by atoms with Crippen molar-refractivity contribution in [3.05, 3.63) is 61.5 Å². The highest BCUT2D eigenvalue weighted by Crippen LogP contribution is 2.34. The van der Waals surface area contributed by atoms with Crippen LogP contribution in [0.5, 0.6) is 0 Å². The number of nitrogens with one attached hydrogen (secondary N) is 2. The van der Waals surface area contributed by atoms with Crippen LogP contribution in [0.2, 0.25) is 0 Å². The van der Waals surface area contributed by atoms with Crippen LogP contribution in [0.15, 0.2) is 33.5 Å². The average Bonchev–Trinajstić information content (AvgIpc) is 2.42. The van der Waals surface area contributed by atoms with E-state index in [-0.39, 0.29) is 11.6 Å². The van der Waals surface area contributed by atoms with Gasteiger partial charge in [0.25, 0.3) is 0 Å². The average molecular weight is 347 g/mol. The smallest absolute Gasteiger partial charge is 0.248 e. The van der Waals surface area contributed by atoms with Crippen molar-refractivity contribution in [3.63, 3.8) is 0 Å². The molecule has 0 spiro atoms. The Morgan fingerprint density at radius 2 is 1.95 bits per heavy atom. The van der Waals surface area contributed by atoms with Crippen molar-refractivity contribution < 1.29 is 0 Å². The summed E-state index contributed by atoms with van der Waals surface area (Å²) in [7, 11) is 0.